The average Bonchev–Trinajstić information content (AvgIpc) is 2.56. The zero-order valence-electron chi connectivity index (χ0n) is 13.1. The van der Waals surface area contributed by atoms with Crippen LogP contribution >= 0.6 is 23.4 Å². The van der Waals surface area contributed by atoms with Crippen LogP contribution in [0.3, 0.4) is 0 Å². The van der Waals surface area contributed by atoms with Crippen molar-refractivity contribution in [2.75, 3.05) is 23.4 Å². The van der Waals surface area contributed by atoms with Gasteiger partial charge in [-0.15, -0.1) is 0 Å². The highest BCUT2D eigenvalue weighted by Gasteiger charge is 2.14. The number of anilines is 2. The highest BCUT2D eigenvalue weighted by molar-refractivity contribution is 7.99. The van der Waals surface area contributed by atoms with Crippen LogP contribution in [-0.2, 0) is 9.53 Å². The SMILES string of the molecule is CCOC(=O)c1cnc(SCC(=O)Nc2ccc(F)c(Cl)c2)nc1N. The molecule has 7 nitrogen and oxygen atoms in total. The molecule has 2 aromatic rings. The second-order valence-corrected chi connectivity index (χ2v) is 5.99. The third kappa shape index (κ3) is 5.30. The predicted molar refractivity (Wildman–Crippen MR) is 93.2 cm³/mol. The highest BCUT2D eigenvalue weighted by Crippen LogP contribution is 2.21. The van der Waals surface area contributed by atoms with Gasteiger partial charge in [0.2, 0.25) is 5.91 Å². The maximum Gasteiger partial charge on any atom is 0.343 e. The second kappa shape index (κ2) is 8.63. The largest absolute Gasteiger partial charge is 0.462 e. The topological polar surface area (TPSA) is 107 Å². The lowest BCUT2D eigenvalue weighted by molar-refractivity contribution is -0.113. The van der Waals surface area contributed by atoms with Gasteiger partial charge in [0.05, 0.1) is 17.4 Å². The number of halogens is 2. The number of rotatable bonds is 6. The number of nitrogens with one attached hydrogen (secondary N) is 1. The molecule has 1 aromatic carbocycles. The summed E-state index contributed by atoms with van der Waals surface area (Å²) in [5.41, 5.74) is 6.13. The quantitative estimate of drug-likeness (QED) is 0.448. The van der Waals surface area contributed by atoms with E-state index in [1.54, 1.807) is 6.92 Å². The second-order valence-electron chi connectivity index (χ2n) is 4.64. The summed E-state index contributed by atoms with van der Waals surface area (Å²) in [5.74, 6) is -1.57. The van der Waals surface area contributed by atoms with Crippen molar-refractivity contribution < 1.29 is 18.7 Å². The van der Waals surface area contributed by atoms with E-state index in [9.17, 15) is 14.0 Å². The van der Waals surface area contributed by atoms with Crippen LogP contribution in [-0.4, -0.2) is 34.2 Å². The standard InChI is InChI=1S/C15H14ClFN4O3S/c1-2-24-14(23)9-6-19-15(21-13(9)18)25-7-12(22)20-8-3-4-11(17)10(16)5-8/h3-6H,2,7H2,1H3,(H,20,22)(H2,18,19,21). The number of carbonyl (C=O) groups is 2. The van der Waals surface area contributed by atoms with Gasteiger partial charge in [0.15, 0.2) is 5.16 Å². The maximum atomic E-state index is 13.1. The van der Waals surface area contributed by atoms with Crippen molar-refractivity contribution in [3.63, 3.8) is 0 Å². The number of nitrogens with zero attached hydrogens (tertiary/aromatic N) is 2. The Morgan fingerprint density at radius 2 is 2.20 bits per heavy atom. The zero-order valence-corrected chi connectivity index (χ0v) is 14.7. The van der Waals surface area contributed by atoms with Crippen LogP contribution in [0.5, 0.6) is 0 Å². The minimum absolute atomic E-state index is 0.00676. The number of ether oxygens (including phenoxy) is 1. The molecule has 0 aliphatic rings. The predicted octanol–water partition coefficient (Wildman–Crippen LogP) is 2.76. The molecule has 0 saturated heterocycles. The third-order valence-corrected chi connectivity index (χ3v) is 3.98. The Morgan fingerprint density at radius 1 is 1.44 bits per heavy atom. The summed E-state index contributed by atoms with van der Waals surface area (Å²) in [6.45, 7) is 1.88. The molecule has 0 aliphatic carbocycles. The molecule has 0 atom stereocenters. The molecule has 0 fully saturated rings. The lowest BCUT2D eigenvalue weighted by Crippen LogP contribution is -2.15. The summed E-state index contributed by atoms with van der Waals surface area (Å²) in [6.07, 6.45) is 1.25. The van der Waals surface area contributed by atoms with Gasteiger partial charge in [0.1, 0.15) is 17.2 Å². The normalized spacial score (nSPS) is 10.4. The molecule has 0 radical (unpaired) electrons. The van der Waals surface area contributed by atoms with Crippen LogP contribution in [0.25, 0.3) is 0 Å². The molecule has 10 heteroatoms. The van der Waals surface area contributed by atoms with Crippen LogP contribution in [0.4, 0.5) is 15.9 Å². The molecule has 25 heavy (non-hydrogen) atoms. The number of hydrogen-bond acceptors (Lipinski definition) is 7. The van der Waals surface area contributed by atoms with Crippen LogP contribution in [0.15, 0.2) is 29.6 Å². The van der Waals surface area contributed by atoms with Gasteiger partial charge in [-0.25, -0.2) is 19.2 Å². The van der Waals surface area contributed by atoms with Crippen molar-refractivity contribution in [2.24, 2.45) is 0 Å². The van der Waals surface area contributed by atoms with Crippen molar-refractivity contribution in [3.8, 4) is 0 Å². The number of nitrogen functional groups attached to an aromatic ring is 1. The number of thioether (sulfide) groups is 1. The molecule has 2 rings (SSSR count). The summed E-state index contributed by atoms with van der Waals surface area (Å²) >= 11 is 6.68. The van der Waals surface area contributed by atoms with E-state index in [4.69, 9.17) is 22.1 Å². The summed E-state index contributed by atoms with van der Waals surface area (Å²) in [4.78, 5) is 31.4. The van der Waals surface area contributed by atoms with Crippen LogP contribution in [0, 0.1) is 5.82 Å². The fraction of sp³-hybridized carbons (Fsp3) is 0.200. The van der Waals surface area contributed by atoms with Gasteiger partial charge >= 0.3 is 5.97 Å². The van der Waals surface area contributed by atoms with E-state index in [1.807, 2.05) is 0 Å². The fourth-order valence-electron chi connectivity index (χ4n) is 1.71. The van der Waals surface area contributed by atoms with E-state index in [2.05, 4.69) is 15.3 Å². The van der Waals surface area contributed by atoms with Gasteiger partial charge in [0, 0.05) is 11.9 Å². The Hall–Kier alpha value is -2.39. The molecule has 0 saturated carbocycles. The summed E-state index contributed by atoms with van der Waals surface area (Å²) in [6, 6.07) is 3.86. The van der Waals surface area contributed by atoms with Crippen molar-refractivity contribution in [3.05, 3.63) is 40.8 Å². The first-order chi connectivity index (χ1) is 11.9. The molecule has 0 unspecified atom stereocenters. The van der Waals surface area contributed by atoms with Gasteiger partial charge in [0.25, 0.3) is 0 Å². The number of hydrogen-bond donors (Lipinski definition) is 2. The first-order valence-electron chi connectivity index (χ1n) is 7.08. The molecule has 1 amide bonds. The Labute approximate surface area is 152 Å². The molecule has 0 aliphatic heterocycles. The zero-order chi connectivity index (χ0) is 18.4. The van der Waals surface area contributed by atoms with E-state index < -0.39 is 11.8 Å². The first-order valence-corrected chi connectivity index (χ1v) is 8.44. The van der Waals surface area contributed by atoms with Crippen LogP contribution < -0.4 is 11.1 Å². The molecule has 0 bridgehead atoms. The lowest BCUT2D eigenvalue weighted by Gasteiger charge is -2.07. The Balaban J connectivity index is 1.94. The van der Waals surface area contributed by atoms with Crippen LogP contribution in [0.1, 0.15) is 17.3 Å². The Kier molecular flexibility index (Phi) is 6.54. The first kappa shape index (κ1) is 18.9. The van der Waals surface area contributed by atoms with E-state index in [0.717, 1.165) is 17.8 Å². The molecule has 0 spiro atoms. The molecule has 1 aromatic heterocycles. The minimum atomic E-state index is -0.609. The summed E-state index contributed by atoms with van der Waals surface area (Å²) in [5, 5.41) is 2.72. The molecule has 132 valence electrons. The van der Waals surface area contributed by atoms with Gasteiger partial charge in [-0.2, -0.15) is 0 Å². The highest BCUT2D eigenvalue weighted by atomic mass is 35.5. The molecular weight excluding hydrogens is 371 g/mol. The number of amides is 1. The monoisotopic (exact) mass is 384 g/mol. The van der Waals surface area contributed by atoms with Crippen LogP contribution in [0.2, 0.25) is 5.02 Å². The number of aromatic nitrogens is 2. The van der Waals surface area contributed by atoms with Gasteiger partial charge < -0.3 is 15.8 Å². The minimum Gasteiger partial charge on any atom is -0.462 e. The third-order valence-electron chi connectivity index (χ3n) is 2.83. The van der Waals surface area contributed by atoms with E-state index >= 15 is 0 Å². The summed E-state index contributed by atoms with van der Waals surface area (Å²) < 4.78 is 17.9. The smallest absolute Gasteiger partial charge is 0.343 e. The number of carbonyl (C=O) groups excluding carboxylic acids is 2. The van der Waals surface area contributed by atoms with Gasteiger partial charge in [-0.05, 0) is 25.1 Å². The van der Waals surface area contributed by atoms with Crippen molar-refractivity contribution in [2.45, 2.75) is 12.1 Å². The molecular formula is C15H14ClFN4O3S. The Morgan fingerprint density at radius 3 is 2.84 bits per heavy atom. The van der Waals surface area contributed by atoms with Gasteiger partial charge in [-0.1, -0.05) is 23.4 Å². The lowest BCUT2D eigenvalue weighted by atomic mass is 10.3. The van der Waals surface area contributed by atoms with Gasteiger partial charge in [-0.3, -0.25) is 4.79 Å². The number of benzene rings is 1. The average molecular weight is 385 g/mol. The van der Waals surface area contributed by atoms with Crippen molar-refractivity contribution in [1.29, 1.82) is 0 Å². The molecule has 3 N–H and O–H groups in total. The summed E-state index contributed by atoms with van der Waals surface area (Å²) in [7, 11) is 0. The van der Waals surface area contributed by atoms with Crippen molar-refractivity contribution >= 4 is 46.7 Å². The van der Waals surface area contributed by atoms with Crippen molar-refractivity contribution in [1.82, 2.24) is 9.97 Å². The molecule has 1 heterocycles. The van der Waals surface area contributed by atoms with E-state index in [0.29, 0.717) is 5.69 Å². The fourth-order valence-corrected chi connectivity index (χ4v) is 2.52. The maximum absolute atomic E-state index is 13.1. The number of esters is 1. The number of nitrogens with two attached hydrogens (primary N) is 1. The Bertz CT molecular complexity index is 806. The van der Waals surface area contributed by atoms with E-state index in [-0.39, 0.29) is 39.8 Å². The van der Waals surface area contributed by atoms with E-state index in [1.165, 1.54) is 18.3 Å².